The Kier molecular flexibility index (Phi) is 27.5. The lowest BCUT2D eigenvalue weighted by molar-refractivity contribution is -0.318. The maximum absolute atomic E-state index is 14.9. The highest BCUT2D eigenvalue weighted by molar-refractivity contribution is 7.95. The molecule has 17 heteroatoms. The van der Waals surface area contributed by atoms with Crippen LogP contribution in [0, 0.1) is 37.0 Å². The van der Waals surface area contributed by atoms with E-state index in [-0.39, 0.29) is 54.9 Å². The molecule has 3 fully saturated rings. The second-order valence-electron chi connectivity index (χ2n) is 26.2. The van der Waals surface area contributed by atoms with E-state index in [2.05, 4.69) is 98.5 Å². The quantitative estimate of drug-likeness (QED) is 0.0390. The van der Waals surface area contributed by atoms with Gasteiger partial charge in [-0.1, -0.05) is 82.3 Å². The third-order valence-corrected chi connectivity index (χ3v) is 23.7. The van der Waals surface area contributed by atoms with Crippen molar-refractivity contribution in [3.63, 3.8) is 0 Å². The lowest BCUT2D eigenvalue weighted by Gasteiger charge is -2.48. The van der Waals surface area contributed by atoms with Crippen LogP contribution in [-0.2, 0) is 33.2 Å². The van der Waals surface area contributed by atoms with Crippen LogP contribution in [0.1, 0.15) is 145 Å². The van der Waals surface area contributed by atoms with Gasteiger partial charge in [-0.3, -0.25) is 9.69 Å². The van der Waals surface area contributed by atoms with Crippen molar-refractivity contribution in [2.24, 2.45) is 23.2 Å². The first-order valence-electron chi connectivity index (χ1n) is 31.0. The molecule has 6 rings (SSSR count). The molecule has 3 heterocycles. The van der Waals surface area contributed by atoms with E-state index in [9.17, 15) is 30.3 Å². The van der Waals surface area contributed by atoms with Crippen molar-refractivity contribution >= 4 is 29.1 Å². The van der Waals surface area contributed by atoms with Gasteiger partial charge in [0.2, 0.25) is 0 Å². The summed E-state index contributed by atoms with van der Waals surface area (Å²) in [6.07, 6.45) is -0.852. The van der Waals surface area contributed by atoms with Gasteiger partial charge >= 0.3 is 5.97 Å². The molecule has 0 saturated carbocycles. The number of aryl methyl sites for hydroxylation is 2. The van der Waals surface area contributed by atoms with Crippen LogP contribution in [0.15, 0.2) is 72.8 Å². The van der Waals surface area contributed by atoms with Gasteiger partial charge in [0, 0.05) is 38.1 Å². The highest BCUT2D eigenvalue weighted by Crippen LogP contribution is 2.56. The summed E-state index contributed by atoms with van der Waals surface area (Å²) < 4.78 is 44.5. The van der Waals surface area contributed by atoms with Gasteiger partial charge in [0.15, 0.2) is 12.6 Å². The predicted molar refractivity (Wildman–Crippen MR) is 331 cm³/mol. The molecule has 18 atom stereocenters. The Labute approximate surface area is 522 Å². The first-order chi connectivity index (χ1) is 39.2. The van der Waals surface area contributed by atoms with Gasteiger partial charge in [0.1, 0.15) is 47.2 Å². The van der Waals surface area contributed by atoms with Crippen LogP contribution in [0.5, 0.6) is 5.75 Å². The third kappa shape index (κ3) is 17.1. The van der Waals surface area contributed by atoms with E-state index >= 15 is 0 Å². The Balaban J connectivity index is 0.0000129. The van der Waals surface area contributed by atoms with Gasteiger partial charge in [-0.15, -0.1) is 0 Å². The minimum atomic E-state index is -2.03. The number of aliphatic hydroxyl groups excluding tert-OH is 4. The summed E-state index contributed by atoms with van der Waals surface area (Å²) in [6.45, 7) is 23.5. The summed E-state index contributed by atoms with van der Waals surface area (Å²) in [5, 5.41) is 64.3. The Hall–Kier alpha value is -2.39. The molecule has 0 aliphatic carbocycles. The Morgan fingerprint density at radius 1 is 0.750 bits per heavy atom. The minimum absolute atomic E-state index is 0. The van der Waals surface area contributed by atoms with Crippen LogP contribution < -0.4 is 44.6 Å². The SMILES string of the molecule is CC[C@H]1OC(=O)[C@H](C)[C@@H](O[C@H]2C[C@@](C)(OC)[C@@H](O)[C@H](C)O2)[C@H](C)[C@@H](O[C@@H]2O[C@H](C)C[C@H](N(C)C)[C@H]2O)[C@](C)(O)C[C@@H](C)CN(CCCCCCCC[P+](c2ccc(C)cc2)(c2ccc(C)cc2)c2ccc(OC)cc2)[C@H](C)[C@@H](O)[C@]1(C)CO.[I-]. The number of esters is 1. The summed E-state index contributed by atoms with van der Waals surface area (Å²) in [5.41, 5.74) is -1.44. The molecular formula is C67H108IN2O13P. The van der Waals surface area contributed by atoms with Gasteiger partial charge in [-0.05, 0) is 169 Å². The minimum Gasteiger partial charge on any atom is -1.00 e. The number of aliphatic hydroxyl groups is 5. The van der Waals surface area contributed by atoms with Crippen molar-refractivity contribution < 1.29 is 87.5 Å². The molecule has 476 valence electrons. The number of unbranched alkanes of at least 4 members (excludes halogenated alkanes) is 5. The van der Waals surface area contributed by atoms with Gasteiger partial charge < -0.3 is 87.6 Å². The topological polar surface area (TPSA) is 189 Å². The molecule has 3 aliphatic heterocycles. The Morgan fingerprint density at radius 3 is 1.82 bits per heavy atom. The summed E-state index contributed by atoms with van der Waals surface area (Å²) in [5.74, 6) is -1.74. The van der Waals surface area contributed by atoms with Crippen LogP contribution >= 0.6 is 7.26 Å². The molecule has 84 heavy (non-hydrogen) atoms. The summed E-state index contributed by atoms with van der Waals surface area (Å²) >= 11 is 0. The van der Waals surface area contributed by atoms with E-state index in [1.807, 2.05) is 46.7 Å². The number of carbonyl (C=O) groups is 1. The molecule has 0 radical (unpaired) electrons. The number of hydrogen-bond donors (Lipinski definition) is 5. The number of nitrogens with zero attached hydrogens (tertiary/aromatic N) is 2. The third-order valence-electron chi connectivity index (χ3n) is 19.2. The first-order valence-corrected chi connectivity index (χ1v) is 33.0. The van der Waals surface area contributed by atoms with Gasteiger partial charge in [-0.25, -0.2) is 0 Å². The maximum Gasteiger partial charge on any atom is 0.311 e. The molecule has 3 aromatic rings. The number of cyclic esters (lactones) is 1. The molecule has 15 nitrogen and oxygen atoms in total. The van der Waals surface area contributed by atoms with Crippen molar-refractivity contribution in [3.8, 4) is 5.75 Å². The fraction of sp³-hybridized carbons (Fsp3) is 0.716. The molecule has 0 spiro atoms. The molecule has 0 aromatic heterocycles. The van der Waals surface area contributed by atoms with Gasteiger partial charge in [0.25, 0.3) is 0 Å². The molecular weight excluding hydrogens is 1200 g/mol. The number of halogens is 1. The molecule has 5 N–H and O–H groups in total. The molecule has 0 unspecified atom stereocenters. The number of ether oxygens (including phenoxy) is 7. The van der Waals surface area contributed by atoms with E-state index in [1.54, 1.807) is 41.7 Å². The zero-order valence-corrected chi connectivity index (χ0v) is 56.8. The van der Waals surface area contributed by atoms with Crippen LogP contribution in [-0.4, -0.2) is 180 Å². The number of benzene rings is 3. The normalized spacial score (nSPS) is 35.2. The van der Waals surface area contributed by atoms with Crippen LogP contribution in [0.2, 0.25) is 0 Å². The highest BCUT2D eigenvalue weighted by atomic mass is 127. The van der Waals surface area contributed by atoms with Crippen molar-refractivity contribution in [3.05, 3.63) is 83.9 Å². The second-order valence-corrected chi connectivity index (χ2v) is 29.8. The molecule has 3 saturated heterocycles. The average molecular weight is 1310 g/mol. The number of rotatable bonds is 21. The largest absolute Gasteiger partial charge is 1.00 e. The molecule has 0 amide bonds. The first kappa shape index (κ1) is 72.4. The smallest absolute Gasteiger partial charge is 0.311 e. The predicted octanol–water partition coefficient (Wildman–Crippen LogP) is 5.48. The fourth-order valence-corrected chi connectivity index (χ4v) is 18.2. The summed E-state index contributed by atoms with van der Waals surface area (Å²) in [7, 11) is 5.03. The molecule has 0 bridgehead atoms. The standard InChI is InChI=1S/C67H108N2O13P.HI/c1-17-56-65(10,42-70)60(72)49(8)69(36-22-20-18-19-21-23-37-83(52-30-24-43(2)25-31-52,53-32-26-44(3)27-33-53)54-34-28-51(76-15)29-35-54)41-45(4)39-66(11,75)62(82-64-58(71)55(68(13)14)38-46(5)78-64)47(6)59(48(7)63(74)80-56)81-57-40-67(12,77-16)61(73)50(9)79-57;/h24-35,45-50,55-62,64,70-73,75H,17-23,36-42H2,1-16H3;1H/q+1;/p-1/t45-,46-,47+,48-,49-,50+,55+,56-,57+,58-,59+,60-,61+,62-,64+,65-,66-,67-;/m1./s1. The Morgan fingerprint density at radius 2 is 1.30 bits per heavy atom. The number of methoxy groups -OCH3 is 2. The van der Waals surface area contributed by atoms with Gasteiger partial charge in [0.05, 0.1) is 72.9 Å². The van der Waals surface area contributed by atoms with Crippen molar-refractivity contribution in [2.45, 2.75) is 232 Å². The van der Waals surface area contributed by atoms with Crippen molar-refractivity contribution in [1.82, 2.24) is 9.80 Å². The highest BCUT2D eigenvalue weighted by Gasteiger charge is 2.53. The van der Waals surface area contributed by atoms with E-state index in [4.69, 9.17) is 33.2 Å². The number of likely N-dealkylation sites (N-methyl/N-ethyl adjacent to an activating group) is 1. The van der Waals surface area contributed by atoms with E-state index < -0.39 is 110 Å². The number of carbonyl (C=O) groups excluding carboxylic acids is 1. The van der Waals surface area contributed by atoms with Gasteiger partial charge in [-0.2, -0.15) is 0 Å². The maximum atomic E-state index is 14.9. The zero-order chi connectivity index (χ0) is 61.2. The Bertz CT molecular complexity index is 2390. The summed E-state index contributed by atoms with van der Waals surface area (Å²) in [4.78, 5) is 19.1. The fourth-order valence-electron chi connectivity index (χ4n) is 13.9. The zero-order valence-electron chi connectivity index (χ0n) is 53.7. The van der Waals surface area contributed by atoms with Crippen molar-refractivity contribution in [1.29, 1.82) is 0 Å². The van der Waals surface area contributed by atoms with E-state index in [1.165, 1.54) is 34.2 Å². The van der Waals surface area contributed by atoms with Crippen LogP contribution in [0.3, 0.4) is 0 Å². The molecule has 3 aromatic carbocycles. The monoisotopic (exact) mass is 1310 g/mol. The van der Waals surface area contributed by atoms with E-state index in [0.29, 0.717) is 25.9 Å². The van der Waals surface area contributed by atoms with E-state index in [0.717, 1.165) is 50.4 Å². The van der Waals surface area contributed by atoms with Crippen molar-refractivity contribution in [2.75, 3.05) is 54.2 Å². The van der Waals surface area contributed by atoms with Crippen LogP contribution in [0.25, 0.3) is 0 Å². The molecule has 3 aliphatic rings. The summed E-state index contributed by atoms with van der Waals surface area (Å²) in [6, 6.07) is 26.3. The lowest BCUT2D eigenvalue weighted by atomic mass is 9.75. The number of hydrogen-bond acceptors (Lipinski definition) is 15. The average Bonchev–Trinajstić information content (AvgIpc) is 2.58. The second kappa shape index (κ2) is 31.9. The van der Waals surface area contributed by atoms with Crippen LogP contribution in [0.4, 0.5) is 0 Å². The lowest BCUT2D eigenvalue weighted by Crippen LogP contribution is -3.00.